The van der Waals surface area contributed by atoms with Crippen molar-refractivity contribution in [3.63, 3.8) is 0 Å². The van der Waals surface area contributed by atoms with Gasteiger partial charge < -0.3 is 10.6 Å². The summed E-state index contributed by atoms with van der Waals surface area (Å²) < 4.78 is 0.982. The fourth-order valence-corrected chi connectivity index (χ4v) is 1.99. The van der Waals surface area contributed by atoms with Gasteiger partial charge in [0.05, 0.1) is 0 Å². The molecule has 98 valence electrons. The smallest absolute Gasteiger partial charge is 0.251 e. The van der Waals surface area contributed by atoms with Crippen LogP contribution in [0.5, 0.6) is 0 Å². The molecule has 5 heteroatoms. The van der Waals surface area contributed by atoms with Gasteiger partial charge in [0, 0.05) is 23.1 Å². The van der Waals surface area contributed by atoms with E-state index >= 15 is 0 Å². The Bertz CT molecular complexity index is 431. The van der Waals surface area contributed by atoms with Gasteiger partial charge in [-0.1, -0.05) is 27.6 Å². The van der Waals surface area contributed by atoms with Crippen molar-refractivity contribution in [1.29, 1.82) is 0 Å². The summed E-state index contributed by atoms with van der Waals surface area (Å²) >= 11 is 3.35. The van der Waals surface area contributed by atoms with E-state index in [2.05, 4.69) is 32.6 Å². The largest absolute Gasteiger partial charge is 0.348 e. The number of carbonyl (C=O) groups is 1. The van der Waals surface area contributed by atoms with E-state index in [0.29, 0.717) is 12.1 Å². The minimum atomic E-state index is -0.0167. The van der Waals surface area contributed by atoms with Crippen molar-refractivity contribution in [3.05, 3.63) is 46.0 Å². The Morgan fingerprint density at radius 1 is 1.33 bits per heavy atom. The lowest BCUT2D eigenvalue weighted by molar-refractivity contribution is 0.0956. The van der Waals surface area contributed by atoms with Gasteiger partial charge in [0.25, 0.3) is 5.91 Å². The Morgan fingerprint density at radius 2 is 2.06 bits per heavy atom. The number of rotatable bonds is 3. The highest BCUT2D eigenvalue weighted by atomic mass is 79.9. The van der Waals surface area contributed by atoms with Crippen LogP contribution < -0.4 is 10.6 Å². The first kappa shape index (κ1) is 15.2. The van der Waals surface area contributed by atoms with Crippen molar-refractivity contribution in [3.8, 4) is 0 Å². The molecule has 1 aromatic rings. The first-order valence-corrected chi connectivity index (χ1v) is 6.47. The molecule has 0 aliphatic carbocycles. The first-order chi connectivity index (χ1) is 8.25. The lowest BCUT2D eigenvalue weighted by atomic mass is 10.1. The zero-order valence-electron chi connectivity index (χ0n) is 9.91. The first-order valence-electron chi connectivity index (χ1n) is 5.68. The molecule has 1 amide bonds. The summed E-state index contributed by atoms with van der Waals surface area (Å²) in [6, 6.07) is 7.38. The molecule has 0 radical (unpaired) electrons. The van der Waals surface area contributed by atoms with Crippen LogP contribution in [-0.4, -0.2) is 25.5 Å². The molecule has 0 fully saturated rings. The number of hydrogen-bond donors (Lipinski definition) is 2. The third-order valence-electron chi connectivity index (χ3n) is 2.74. The van der Waals surface area contributed by atoms with Crippen LogP contribution in [-0.2, 0) is 0 Å². The molecule has 0 spiro atoms. The lowest BCUT2D eigenvalue weighted by Gasteiger charge is -2.14. The Morgan fingerprint density at radius 3 is 2.67 bits per heavy atom. The van der Waals surface area contributed by atoms with Crippen LogP contribution in [0.4, 0.5) is 0 Å². The molecule has 2 N–H and O–H groups in total. The van der Waals surface area contributed by atoms with Crippen LogP contribution >= 0.6 is 28.3 Å². The molecular formula is C13H16BrClN2O. The van der Waals surface area contributed by atoms with E-state index in [0.717, 1.165) is 24.0 Å². The van der Waals surface area contributed by atoms with E-state index < -0.39 is 0 Å². The lowest BCUT2D eigenvalue weighted by Crippen LogP contribution is -2.29. The fraction of sp³-hybridized carbons (Fsp3) is 0.308. The van der Waals surface area contributed by atoms with Crippen LogP contribution in [0.3, 0.4) is 0 Å². The minimum absolute atomic E-state index is 0. The second kappa shape index (κ2) is 7.56. The summed E-state index contributed by atoms with van der Waals surface area (Å²) in [6.07, 6.45) is 3.16. The molecule has 0 aromatic heterocycles. The maximum atomic E-state index is 11.8. The third kappa shape index (κ3) is 4.44. The summed E-state index contributed by atoms with van der Waals surface area (Å²) in [5.41, 5.74) is 2.00. The molecule has 18 heavy (non-hydrogen) atoms. The van der Waals surface area contributed by atoms with E-state index in [4.69, 9.17) is 0 Å². The van der Waals surface area contributed by atoms with Gasteiger partial charge in [0.15, 0.2) is 0 Å². The van der Waals surface area contributed by atoms with Gasteiger partial charge in [0.1, 0.15) is 0 Å². The van der Waals surface area contributed by atoms with Gasteiger partial charge in [-0.3, -0.25) is 4.79 Å². The summed E-state index contributed by atoms with van der Waals surface area (Å²) in [5, 5.41) is 6.18. The number of halogens is 2. The molecule has 1 aromatic carbocycles. The second-order valence-corrected chi connectivity index (χ2v) is 4.92. The van der Waals surface area contributed by atoms with Crippen molar-refractivity contribution in [2.24, 2.45) is 0 Å². The summed E-state index contributed by atoms with van der Waals surface area (Å²) in [7, 11) is 0. The van der Waals surface area contributed by atoms with Gasteiger partial charge in [-0.15, -0.1) is 12.4 Å². The number of carbonyl (C=O) groups excluding carboxylic acids is 1. The van der Waals surface area contributed by atoms with E-state index in [-0.39, 0.29) is 18.3 Å². The Labute approximate surface area is 122 Å². The number of amides is 1. The zero-order valence-corrected chi connectivity index (χ0v) is 12.3. The SMILES string of the molecule is Cl.O=C(NCC1=CCNCC1)c1ccc(Br)cc1. The Kier molecular flexibility index (Phi) is 6.39. The van der Waals surface area contributed by atoms with Crippen molar-refractivity contribution >= 4 is 34.2 Å². The molecule has 2 rings (SSSR count). The highest BCUT2D eigenvalue weighted by Crippen LogP contribution is 2.10. The molecule has 0 unspecified atom stereocenters. The molecule has 0 bridgehead atoms. The predicted octanol–water partition coefficient (Wildman–Crippen LogP) is 2.52. The summed E-state index contributed by atoms with van der Waals surface area (Å²) in [5.74, 6) is -0.0167. The van der Waals surface area contributed by atoms with E-state index in [9.17, 15) is 4.79 Å². The van der Waals surface area contributed by atoms with Gasteiger partial charge >= 0.3 is 0 Å². The quantitative estimate of drug-likeness (QED) is 0.836. The molecule has 3 nitrogen and oxygen atoms in total. The van der Waals surface area contributed by atoms with Crippen LogP contribution in [0, 0.1) is 0 Å². The highest BCUT2D eigenvalue weighted by molar-refractivity contribution is 9.10. The van der Waals surface area contributed by atoms with Crippen LogP contribution in [0.15, 0.2) is 40.4 Å². The minimum Gasteiger partial charge on any atom is -0.348 e. The van der Waals surface area contributed by atoms with E-state index in [1.165, 1.54) is 5.57 Å². The monoisotopic (exact) mass is 330 g/mol. The van der Waals surface area contributed by atoms with Gasteiger partial charge in [0.2, 0.25) is 0 Å². The molecule has 0 atom stereocenters. The van der Waals surface area contributed by atoms with Crippen molar-refractivity contribution in [2.75, 3.05) is 19.6 Å². The van der Waals surface area contributed by atoms with Crippen molar-refractivity contribution < 1.29 is 4.79 Å². The Hall–Kier alpha value is -0.840. The fourth-order valence-electron chi connectivity index (χ4n) is 1.73. The predicted molar refractivity (Wildman–Crippen MR) is 79.3 cm³/mol. The Balaban J connectivity index is 0.00000162. The molecule has 0 saturated carbocycles. The van der Waals surface area contributed by atoms with Crippen molar-refractivity contribution in [1.82, 2.24) is 10.6 Å². The molecule has 1 aliphatic heterocycles. The summed E-state index contributed by atoms with van der Waals surface area (Å²) in [4.78, 5) is 11.8. The van der Waals surface area contributed by atoms with Gasteiger partial charge in [-0.25, -0.2) is 0 Å². The van der Waals surface area contributed by atoms with E-state index in [1.54, 1.807) is 0 Å². The topological polar surface area (TPSA) is 41.1 Å². The number of benzene rings is 1. The number of nitrogens with one attached hydrogen (secondary N) is 2. The third-order valence-corrected chi connectivity index (χ3v) is 3.27. The standard InChI is InChI=1S/C13H15BrN2O.ClH/c14-12-3-1-11(2-4-12)13(17)16-9-10-5-7-15-8-6-10;/h1-5,15H,6-9H2,(H,16,17);1H. The maximum absolute atomic E-state index is 11.8. The normalized spacial score (nSPS) is 14.4. The van der Waals surface area contributed by atoms with Crippen LogP contribution in [0.1, 0.15) is 16.8 Å². The summed E-state index contributed by atoms with van der Waals surface area (Å²) in [6.45, 7) is 2.56. The molecular weight excluding hydrogens is 316 g/mol. The van der Waals surface area contributed by atoms with Gasteiger partial charge in [-0.2, -0.15) is 0 Å². The van der Waals surface area contributed by atoms with Crippen molar-refractivity contribution in [2.45, 2.75) is 6.42 Å². The van der Waals surface area contributed by atoms with Gasteiger partial charge in [-0.05, 0) is 37.2 Å². The second-order valence-electron chi connectivity index (χ2n) is 4.01. The molecule has 1 heterocycles. The average Bonchev–Trinajstić information content (AvgIpc) is 2.38. The highest BCUT2D eigenvalue weighted by Gasteiger charge is 2.07. The van der Waals surface area contributed by atoms with Crippen LogP contribution in [0.25, 0.3) is 0 Å². The molecule has 0 saturated heterocycles. The zero-order chi connectivity index (χ0) is 12.1. The van der Waals surface area contributed by atoms with Crippen LogP contribution in [0.2, 0.25) is 0 Å². The average molecular weight is 332 g/mol. The number of hydrogen-bond acceptors (Lipinski definition) is 2. The van der Waals surface area contributed by atoms with E-state index in [1.807, 2.05) is 24.3 Å². The molecule has 1 aliphatic rings. The maximum Gasteiger partial charge on any atom is 0.251 e.